The van der Waals surface area contributed by atoms with Crippen LogP contribution in [0.5, 0.6) is 0 Å². The lowest BCUT2D eigenvalue weighted by Crippen LogP contribution is -2.34. The highest BCUT2D eigenvalue weighted by Gasteiger charge is 2.34. The molecule has 76 valence electrons. The SMILES string of the molecule is CCC(C)(O)C1Cc2ccccc2C1. The van der Waals surface area contributed by atoms with E-state index in [9.17, 15) is 5.11 Å². The predicted octanol–water partition coefficient (Wildman–Crippen LogP) is 2.56. The van der Waals surface area contributed by atoms with Crippen LogP contribution in [0, 0.1) is 5.92 Å². The summed E-state index contributed by atoms with van der Waals surface area (Å²) in [6, 6.07) is 8.53. The van der Waals surface area contributed by atoms with E-state index in [2.05, 4.69) is 31.2 Å². The zero-order chi connectivity index (χ0) is 10.2. The first-order valence-corrected chi connectivity index (χ1v) is 5.42. The fraction of sp³-hybridized carbons (Fsp3) is 0.538. The first-order valence-electron chi connectivity index (χ1n) is 5.42. The molecule has 14 heavy (non-hydrogen) atoms. The van der Waals surface area contributed by atoms with Gasteiger partial charge in [-0.2, -0.15) is 0 Å². The monoisotopic (exact) mass is 190 g/mol. The van der Waals surface area contributed by atoms with Crippen LogP contribution in [-0.4, -0.2) is 10.7 Å². The molecule has 1 N–H and O–H groups in total. The molecule has 1 nitrogen and oxygen atoms in total. The predicted molar refractivity (Wildman–Crippen MR) is 58.3 cm³/mol. The Bertz CT molecular complexity index is 303. The van der Waals surface area contributed by atoms with Gasteiger partial charge in [-0.05, 0) is 43.2 Å². The van der Waals surface area contributed by atoms with Gasteiger partial charge in [0.25, 0.3) is 0 Å². The van der Waals surface area contributed by atoms with Crippen molar-refractivity contribution in [2.75, 3.05) is 0 Å². The van der Waals surface area contributed by atoms with Crippen molar-refractivity contribution >= 4 is 0 Å². The number of benzene rings is 1. The molecule has 0 aliphatic heterocycles. The molecular weight excluding hydrogens is 172 g/mol. The number of hydrogen-bond acceptors (Lipinski definition) is 1. The van der Waals surface area contributed by atoms with Crippen LogP contribution in [-0.2, 0) is 12.8 Å². The highest BCUT2D eigenvalue weighted by molar-refractivity contribution is 5.33. The molecule has 1 aromatic rings. The first-order chi connectivity index (χ1) is 6.63. The Morgan fingerprint density at radius 3 is 2.21 bits per heavy atom. The van der Waals surface area contributed by atoms with Crippen molar-refractivity contribution in [3.8, 4) is 0 Å². The fourth-order valence-corrected chi connectivity index (χ4v) is 2.29. The summed E-state index contributed by atoms with van der Waals surface area (Å²) in [6.45, 7) is 4.02. The van der Waals surface area contributed by atoms with Gasteiger partial charge in [0, 0.05) is 0 Å². The zero-order valence-electron chi connectivity index (χ0n) is 8.96. The molecule has 0 bridgehead atoms. The van der Waals surface area contributed by atoms with Crippen LogP contribution < -0.4 is 0 Å². The Labute approximate surface area is 85.8 Å². The van der Waals surface area contributed by atoms with Crippen LogP contribution in [0.2, 0.25) is 0 Å². The Kier molecular flexibility index (Phi) is 2.36. The second-order valence-corrected chi connectivity index (χ2v) is 4.58. The molecule has 0 heterocycles. The van der Waals surface area contributed by atoms with E-state index in [1.807, 2.05) is 6.92 Å². The van der Waals surface area contributed by atoms with E-state index in [1.54, 1.807) is 0 Å². The van der Waals surface area contributed by atoms with Gasteiger partial charge in [-0.1, -0.05) is 31.2 Å². The molecule has 0 spiro atoms. The normalized spacial score (nSPS) is 20.5. The number of fused-ring (bicyclic) bond motifs is 1. The Morgan fingerprint density at radius 2 is 1.79 bits per heavy atom. The Hall–Kier alpha value is -0.820. The summed E-state index contributed by atoms with van der Waals surface area (Å²) in [5.74, 6) is 0.407. The molecule has 1 aliphatic rings. The maximum atomic E-state index is 10.2. The van der Waals surface area contributed by atoms with E-state index in [1.165, 1.54) is 11.1 Å². The van der Waals surface area contributed by atoms with Gasteiger partial charge in [0.2, 0.25) is 0 Å². The summed E-state index contributed by atoms with van der Waals surface area (Å²) < 4.78 is 0. The lowest BCUT2D eigenvalue weighted by molar-refractivity contribution is -0.000603. The molecule has 0 amide bonds. The number of aliphatic hydroxyl groups is 1. The van der Waals surface area contributed by atoms with Crippen molar-refractivity contribution in [2.24, 2.45) is 5.92 Å². The molecule has 1 aliphatic carbocycles. The second-order valence-electron chi connectivity index (χ2n) is 4.58. The molecule has 2 rings (SSSR count). The van der Waals surface area contributed by atoms with Gasteiger partial charge in [0.15, 0.2) is 0 Å². The molecule has 1 atom stereocenters. The summed E-state index contributed by atoms with van der Waals surface area (Å²) >= 11 is 0. The van der Waals surface area contributed by atoms with E-state index in [4.69, 9.17) is 0 Å². The van der Waals surface area contributed by atoms with Gasteiger partial charge in [0.1, 0.15) is 0 Å². The highest BCUT2D eigenvalue weighted by Crippen LogP contribution is 2.34. The maximum absolute atomic E-state index is 10.2. The van der Waals surface area contributed by atoms with Crippen molar-refractivity contribution in [2.45, 2.75) is 38.7 Å². The zero-order valence-corrected chi connectivity index (χ0v) is 8.96. The summed E-state index contributed by atoms with van der Waals surface area (Å²) in [5, 5.41) is 10.2. The Morgan fingerprint density at radius 1 is 1.29 bits per heavy atom. The van der Waals surface area contributed by atoms with E-state index >= 15 is 0 Å². The van der Waals surface area contributed by atoms with Gasteiger partial charge >= 0.3 is 0 Å². The van der Waals surface area contributed by atoms with Crippen molar-refractivity contribution < 1.29 is 5.11 Å². The molecule has 0 aromatic heterocycles. The van der Waals surface area contributed by atoms with Crippen LogP contribution >= 0.6 is 0 Å². The minimum atomic E-state index is -0.501. The largest absolute Gasteiger partial charge is 0.390 e. The maximum Gasteiger partial charge on any atom is 0.0651 e. The average Bonchev–Trinajstić information content (AvgIpc) is 2.61. The van der Waals surface area contributed by atoms with Crippen LogP contribution in [0.25, 0.3) is 0 Å². The van der Waals surface area contributed by atoms with Gasteiger partial charge < -0.3 is 5.11 Å². The van der Waals surface area contributed by atoms with Gasteiger partial charge in [0.05, 0.1) is 5.60 Å². The molecule has 1 heteroatoms. The molecule has 1 unspecified atom stereocenters. The summed E-state index contributed by atoms with van der Waals surface area (Å²) in [7, 11) is 0. The van der Waals surface area contributed by atoms with Gasteiger partial charge in [-0.3, -0.25) is 0 Å². The lowest BCUT2D eigenvalue weighted by atomic mass is 9.85. The van der Waals surface area contributed by atoms with Crippen molar-refractivity contribution in [1.82, 2.24) is 0 Å². The van der Waals surface area contributed by atoms with Crippen LogP contribution in [0.1, 0.15) is 31.4 Å². The van der Waals surface area contributed by atoms with Gasteiger partial charge in [-0.15, -0.1) is 0 Å². The Balaban J connectivity index is 2.19. The second kappa shape index (κ2) is 3.39. The summed E-state index contributed by atoms with van der Waals surface area (Å²) in [6.07, 6.45) is 2.92. The number of hydrogen-bond donors (Lipinski definition) is 1. The molecule has 1 aromatic carbocycles. The van der Waals surface area contributed by atoms with Crippen LogP contribution in [0.15, 0.2) is 24.3 Å². The smallest absolute Gasteiger partial charge is 0.0651 e. The summed E-state index contributed by atoms with van der Waals surface area (Å²) in [5.41, 5.74) is 2.34. The molecule has 0 saturated carbocycles. The summed E-state index contributed by atoms with van der Waals surface area (Å²) in [4.78, 5) is 0. The van der Waals surface area contributed by atoms with E-state index in [0.29, 0.717) is 5.92 Å². The van der Waals surface area contributed by atoms with Crippen LogP contribution in [0.4, 0.5) is 0 Å². The van der Waals surface area contributed by atoms with E-state index < -0.39 is 5.60 Å². The average molecular weight is 190 g/mol. The first kappa shape index (κ1) is 9.72. The molecule has 0 saturated heterocycles. The topological polar surface area (TPSA) is 20.2 Å². The minimum Gasteiger partial charge on any atom is -0.390 e. The molecule has 0 radical (unpaired) electrons. The number of rotatable bonds is 2. The fourth-order valence-electron chi connectivity index (χ4n) is 2.29. The third kappa shape index (κ3) is 1.57. The van der Waals surface area contributed by atoms with Crippen molar-refractivity contribution in [3.63, 3.8) is 0 Å². The van der Waals surface area contributed by atoms with E-state index in [0.717, 1.165) is 19.3 Å². The van der Waals surface area contributed by atoms with Crippen molar-refractivity contribution in [1.29, 1.82) is 0 Å². The minimum absolute atomic E-state index is 0.407. The van der Waals surface area contributed by atoms with Gasteiger partial charge in [-0.25, -0.2) is 0 Å². The highest BCUT2D eigenvalue weighted by atomic mass is 16.3. The van der Waals surface area contributed by atoms with E-state index in [-0.39, 0.29) is 0 Å². The van der Waals surface area contributed by atoms with Crippen molar-refractivity contribution in [3.05, 3.63) is 35.4 Å². The molecular formula is C13H18O. The third-order valence-electron chi connectivity index (χ3n) is 3.65. The third-order valence-corrected chi connectivity index (χ3v) is 3.65. The standard InChI is InChI=1S/C13H18O/c1-3-13(2,14)12-8-10-6-4-5-7-11(10)9-12/h4-7,12,14H,3,8-9H2,1-2H3. The van der Waals surface area contributed by atoms with Crippen LogP contribution in [0.3, 0.4) is 0 Å². The molecule has 0 fully saturated rings. The quantitative estimate of drug-likeness (QED) is 0.760. The lowest BCUT2D eigenvalue weighted by Gasteiger charge is -2.28.